The summed E-state index contributed by atoms with van der Waals surface area (Å²) in [6.45, 7) is 1.92. The van der Waals surface area contributed by atoms with Crippen LogP contribution in [0.3, 0.4) is 0 Å². The molecule has 0 aliphatic carbocycles. The van der Waals surface area contributed by atoms with Crippen molar-refractivity contribution in [1.82, 2.24) is 8.86 Å². The average Bonchev–Trinajstić information content (AvgIpc) is 2.22. The summed E-state index contributed by atoms with van der Waals surface area (Å²) in [7, 11) is -3.08. The van der Waals surface area contributed by atoms with E-state index >= 15 is 0 Å². The Balaban J connectivity index is 2.73. The van der Waals surface area contributed by atoms with Crippen LogP contribution in [0.2, 0.25) is 0 Å². The SMILES string of the molecule is O=[P@]1(N(CCCl)CCCl)OCCCN1Cl. The van der Waals surface area contributed by atoms with Gasteiger partial charge in [-0.3, -0.25) is 4.57 Å². The van der Waals surface area contributed by atoms with Gasteiger partial charge in [0.15, 0.2) is 0 Å². The molecule has 90 valence electrons. The third-order valence-corrected chi connectivity index (χ3v) is 5.53. The summed E-state index contributed by atoms with van der Waals surface area (Å²) in [5.41, 5.74) is 0. The molecule has 8 heteroatoms. The van der Waals surface area contributed by atoms with Gasteiger partial charge in [0, 0.05) is 31.4 Å². The first kappa shape index (κ1) is 14.0. The number of hydrogen-bond acceptors (Lipinski definition) is 2. The Labute approximate surface area is 105 Å². The minimum atomic E-state index is -3.08. The smallest absolute Gasteiger partial charge is 0.305 e. The predicted octanol–water partition coefficient (Wildman–Crippen LogP) is 2.75. The zero-order valence-corrected chi connectivity index (χ0v) is 11.4. The van der Waals surface area contributed by atoms with Crippen LogP contribution in [0.15, 0.2) is 0 Å². The molecule has 1 rings (SSSR count). The molecule has 0 spiro atoms. The molecule has 0 aromatic heterocycles. The lowest BCUT2D eigenvalue weighted by atomic mass is 10.5. The zero-order chi connectivity index (χ0) is 11.3. The van der Waals surface area contributed by atoms with Gasteiger partial charge >= 0.3 is 7.67 Å². The van der Waals surface area contributed by atoms with Crippen molar-refractivity contribution in [1.29, 1.82) is 0 Å². The monoisotopic (exact) mass is 294 g/mol. The fraction of sp³-hybridized carbons (Fsp3) is 1.00. The highest BCUT2D eigenvalue weighted by atomic mass is 35.5. The van der Waals surface area contributed by atoms with Gasteiger partial charge < -0.3 is 4.52 Å². The highest BCUT2D eigenvalue weighted by molar-refractivity contribution is 7.55. The Morgan fingerprint density at radius 2 is 1.93 bits per heavy atom. The van der Waals surface area contributed by atoms with Crippen LogP contribution in [0, 0.1) is 0 Å². The van der Waals surface area contributed by atoms with Gasteiger partial charge in [-0.15, -0.1) is 27.4 Å². The fourth-order valence-electron chi connectivity index (χ4n) is 1.35. The maximum absolute atomic E-state index is 12.4. The number of hydrogen-bond donors (Lipinski definition) is 0. The van der Waals surface area contributed by atoms with Gasteiger partial charge in [0.05, 0.1) is 6.61 Å². The molecule has 0 saturated carbocycles. The quantitative estimate of drug-likeness (QED) is 0.443. The Bertz CT molecular complexity index is 238. The summed E-state index contributed by atoms with van der Waals surface area (Å²) < 4.78 is 20.6. The topological polar surface area (TPSA) is 32.8 Å². The van der Waals surface area contributed by atoms with E-state index in [1.165, 1.54) is 4.19 Å². The molecule has 1 heterocycles. The summed E-state index contributed by atoms with van der Waals surface area (Å²) >= 11 is 17.2. The number of nitrogens with zero attached hydrogens (tertiary/aromatic N) is 2. The maximum Gasteiger partial charge on any atom is 0.359 e. The molecule has 0 amide bonds. The summed E-state index contributed by atoms with van der Waals surface area (Å²) in [6.07, 6.45) is 0.781. The van der Waals surface area contributed by atoms with E-state index in [1.807, 2.05) is 0 Å². The Kier molecular flexibility index (Phi) is 6.23. The zero-order valence-electron chi connectivity index (χ0n) is 8.24. The lowest BCUT2D eigenvalue weighted by Crippen LogP contribution is -2.34. The van der Waals surface area contributed by atoms with Crippen molar-refractivity contribution in [2.24, 2.45) is 0 Å². The predicted molar refractivity (Wildman–Crippen MR) is 63.7 cm³/mol. The Morgan fingerprint density at radius 1 is 1.33 bits per heavy atom. The molecular formula is C7H14Cl3N2O2P. The third-order valence-electron chi connectivity index (χ3n) is 2.06. The van der Waals surface area contributed by atoms with Gasteiger partial charge in [0.2, 0.25) is 0 Å². The van der Waals surface area contributed by atoms with E-state index in [0.29, 0.717) is 38.0 Å². The minimum absolute atomic E-state index is 0.370. The van der Waals surface area contributed by atoms with Crippen LogP contribution < -0.4 is 0 Å². The number of halogens is 3. The van der Waals surface area contributed by atoms with E-state index in [4.69, 9.17) is 39.5 Å². The van der Waals surface area contributed by atoms with Crippen molar-refractivity contribution in [2.45, 2.75) is 6.42 Å². The Morgan fingerprint density at radius 3 is 2.40 bits per heavy atom. The summed E-state index contributed by atoms with van der Waals surface area (Å²) in [5, 5.41) is 0. The second-order valence-corrected chi connectivity index (χ2v) is 6.76. The van der Waals surface area contributed by atoms with E-state index in [9.17, 15) is 4.57 Å². The van der Waals surface area contributed by atoms with Crippen LogP contribution in [-0.4, -0.2) is 46.9 Å². The van der Waals surface area contributed by atoms with Crippen molar-refractivity contribution in [2.75, 3.05) is 38.0 Å². The summed E-state index contributed by atoms with van der Waals surface area (Å²) in [6, 6.07) is 0. The molecule has 0 radical (unpaired) electrons. The standard InChI is InChI=1S/C7H14Cl3N2O2P/c8-2-5-11(6-3-9)15(13)12(10)4-1-7-14-15/h1-7H2/t15-/m1/s1. The van der Waals surface area contributed by atoms with E-state index in [0.717, 1.165) is 6.42 Å². The molecular weight excluding hydrogens is 281 g/mol. The van der Waals surface area contributed by atoms with Gasteiger partial charge in [0.25, 0.3) is 0 Å². The van der Waals surface area contributed by atoms with Crippen molar-refractivity contribution < 1.29 is 9.09 Å². The molecule has 0 bridgehead atoms. The second kappa shape index (κ2) is 6.65. The molecule has 0 aromatic carbocycles. The summed E-state index contributed by atoms with van der Waals surface area (Å²) in [5.74, 6) is 0.740. The first-order valence-electron chi connectivity index (χ1n) is 4.71. The molecule has 1 saturated heterocycles. The van der Waals surface area contributed by atoms with E-state index in [2.05, 4.69) is 0 Å². The number of alkyl halides is 2. The molecule has 1 aliphatic heterocycles. The van der Waals surface area contributed by atoms with Crippen LogP contribution in [0.25, 0.3) is 0 Å². The first-order chi connectivity index (χ1) is 7.15. The molecule has 0 N–H and O–H groups in total. The molecule has 0 aromatic rings. The van der Waals surface area contributed by atoms with E-state index in [-0.39, 0.29) is 0 Å². The van der Waals surface area contributed by atoms with Crippen molar-refractivity contribution in [3.05, 3.63) is 0 Å². The van der Waals surface area contributed by atoms with Crippen LogP contribution >= 0.6 is 42.6 Å². The van der Waals surface area contributed by atoms with E-state index in [1.54, 1.807) is 4.67 Å². The molecule has 0 unspecified atom stereocenters. The van der Waals surface area contributed by atoms with Gasteiger partial charge in [-0.1, -0.05) is 0 Å². The van der Waals surface area contributed by atoms with Gasteiger partial charge in [-0.2, -0.15) is 0 Å². The van der Waals surface area contributed by atoms with Crippen LogP contribution in [0.5, 0.6) is 0 Å². The van der Waals surface area contributed by atoms with Gasteiger partial charge in [-0.25, -0.2) is 4.67 Å². The first-order valence-corrected chi connectivity index (χ1v) is 7.64. The summed E-state index contributed by atoms with van der Waals surface area (Å²) in [4.78, 5) is 0. The highest BCUT2D eigenvalue weighted by Crippen LogP contribution is 2.57. The largest absolute Gasteiger partial charge is 0.359 e. The van der Waals surface area contributed by atoms with E-state index < -0.39 is 7.67 Å². The molecule has 15 heavy (non-hydrogen) atoms. The van der Waals surface area contributed by atoms with Crippen molar-refractivity contribution >= 4 is 42.6 Å². The minimum Gasteiger partial charge on any atom is -0.305 e. The highest BCUT2D eigenvalue weighted by Gasteiger charge is 2.39. The molecule has 4 nitrogen and oxygen atoms in total. The molecule has 1 atom stereocenters. The van der Waals surface area contributed by atoms with Crippen LogP contribution in [0.1, 0.15) is 6.42 Å². The molecule has 1 aliphatic rings. The third kappa shape index (κ3) is 3.47. The van der Waals surface area contributed by atoms with Crippen molar-refractivity contribution in [3.63, 3.8) is 0 Å². The van der Waals surface area contributed by atoms with Gasteiger partial charge in [-0.05, 0) is 18.2 Å². The lowest BCUT2D eigenvalue weighted by molar-refractivity contribution is 0.203. The van der Waals surface area contributed by atoms with Crippen LogP contribution in [-0.2, 0) is 9.09 Å². The van der Waals surface area contributed by atoms with Crippen molar-refractivity contribution in [3.8, 4) is 0 Å². The Hall–Kier alpha value is 0.980. The maximum atomic E-state index is 12.4. The number of rotatable bonds is 5. The van der Waals surface area contributed by atoms with Gasteiger partial charge in [0.1, 0.15) is 0 Å². The second-order valence-electron chi connectivity index (χ2n) is 3.07. The lowest BCUT2D eigenvalue weighted by Gasteiger charge is -2.36. The fourth-order valence-corrected chi connectivity index (χ4v) is 4.56. The van der Waals surface area contributed by atoms with Crippen LogP contribution in [0.4, 0.5) is 0 Å². The average molecular weight is 296 g/mol. The molecule has 1 fully saturated rings. The normalized spacial score (nSPS) is 28.5.